The molecular weight excluding hydrogens is 208 g/mol. The molecule has 0 N–H and O–H groups in total. The molecule has 0 amide bonds. The predicted molar refractivity (Wildman–Crippen MR) is 54.5 cm³/mol. The highest BCUT2D eigenvalue weighted by Gasteiger charge is 2.34. The molecular formula is C10H8N4O2. The van der Waals surface area contributed by atoms with E-state index in [2.05, 4.69) is 16.0 Å². The molecule has 1 aromatic rings. The smallest absolute Gasteiger partial charge is 0.258 e. The molecule has 0 fully saturated rings. The average molecular weight is 216 g/mol. The van der Waals surface area contributed by atoms with E-state index < -0.39 is 10.8 Å². The number of hydrogen-bond donors (Lipinski definition) is 0. The molecule has 1 heterocycles. The summed E-state index contributed by atoms with van der Waals surface area (Å²) in [5.41, 5.74) is 0.533. The molecule has 1 aliphatic carbocycles. The van der Waals surface area contributed by atoms with Gasteiger partial charge in [0.25, 0.3) is 5.70 Å². The van der Waals surface area contributed by atoms with Crippen LogP contribution in [-0.4, -0.2) is 14.9 Å². The second kappa shape index (κ2) is 3.70. The van der Waals surface area contributed by atoms with Crippen molar-refractivity contribution in [2.75, 3.05) is 0 Å². The molecule has 2 unspecified atom stereocenters. The topological polar surface area (TPSA) is 92.7 Å². The number of aromatic nitrogens is 2. The molecule has 6 nitrogen and oxygen atoms in total. The van der Waals surface area contributed by atoms with Crippen molar-refractivity contribution in [3.8, 4) is 6.07 Å². The van der Waals surface area contributed by atoms with Gasteiger partial charge < -0.3 is 0 Å². The van der Waals surface area contributed by atoms with Gasteiger partial charge in [-0.3, -0.25) is 15.1 Å². The number of nitrogens with zero attached hydrogens (tertiary/aromatic N) is 4. The minimum Gasteiger partial charge on any atom is -0.258 e. The van der Waals surface area contributed by atoms with Gasteiger partial charge in [0.05, 0.1) is 22.6 Å². The number of allylic oxidation sites excluding steroid dienone is 1. The van der Waals surface area contributed by atoms with Crippen molar-refractivity contribution in [3.05, 3.63) is 40.0 Å². The molecule has 80 valence electrons. The fraction of sp³-hybridized carbons (Fsp3) is 0.300. The van der Waals surface area contributed by atoms with Gasteiger partial charge >= 0.3 is 0 Å². The average Bonchev–Trinajstić information content (AvgIpc) is 2.28. The maximum Gasteiger partial charge on any atom is 0.293 e. The molecule has 2 atom stereocenters. The Hall–Kier alpha value is -2.29. The SMILES string of the molecule is CC1C=C([N+](=O)[O-])c2nccnc2C1C#N. The van der Waals surface area contributed by atoms with Crippen LogP contribution in [0.2, 0.25) is 0 Å². The third-order valence-electron chi connectivity index (χ3n) is 2.55. The summed E-state index contributed by atoms with van der Waals surface area (Å²) in [7, 11) is 0. The Bertz CT molecular complexity index is 518. The Kier molecular flexibility index (Phi) is 2.37. The largest absolute Gasteiger partial charge is 0.293 e. The zero-order valence-corrected chi connectivity index (χ0v) is 8.49. The molecule has 1 aliphatic rings. The summed E-state index contributed by atoms with van der Waals surface area (Å²) in [4.78, 5) is 18.3. The summed E-state index contributed by atoms with van der Waals surface area (Å²) in [5, 5.41) is 19.9. The van der Waals surface area contributed by atoms with Gasteiger partial charge in [-0.05, 0) is 0 Å². The molecule has 0 bridgehead atoms. The van der Waals surface area contributed by atoms with Crippen LogP contribution in [0.3, 0.4) is 0 Å². The van der Waals surface area contributed by atoms with Crippen LogP contribution in [0.5, 0.6) is 0 Å². The lowest BCUT2D eigenvalue weighted by atomic mass is 9.85. The van der Waals surface area contributed by atoms with Gasteiger partial charge in [0.15, 0.2) is 5.69 Å². The van der Waals surface area contributed by atoms with Gasteiger partial charge in [0, 0.05) is 24.4 Å². The van der Waals surface area contributed by atoms with E-state index in [9.17, 15) is 10.1 Å². The van der Waals surface area contributed by atoms with E-state index in [1.807, 2.05) is 0 Å². The Morgan fingerprint density at radius 3 is 2.81 bits per heavy atom. The number of rotatable bonds is 1. The minimum absolute atomic E-state index is 0.0675. The fourth-order valence-corrected chi connectivity index (χ4v) is 1.77. The maximum atomic E-state index is 10.8. The number of hydrogen-bond acceptors (Lipinski definition) is 5. The first-order valence-corrected chi connectivity index (χ1v) is 4.72. The van der Waals surface area contributed by atoms with Crippen LogP contribution in [-0.2, 0) is 0 Å². The normalized spacial score (nSPS) is 22.9. The molecule has 0 aliphatic heterocycles. The van der Waals surface area contributed by atoms with Crippen LogP contribution in [0.15, 0.2) is 18.5 Å². The van der Waals surface area contributed by atoms with E-state index in [0.717, 1.165) is 0 Å². The Labute approximate surface area is 91.4 Å². The molecule has 0 radical (unpaired) electrons. The Morgan fingerprint density at radius 2 is 2.19 bits per heavy atom. The van der Waals surface area contributed by atoms with Crippen molar-refractivity contribution in [1.29, 1.82) is 5.26 Å². The second-order valence-electron chi connectivity index (χ2n) is 3.57. The van der Waals surface area contributed by atoms with Crippen LogP contribution in [0.25, 0.3) is 5.70 Å². The third-order valence-corrected chi connectivity index (χ3v) is 2.55. The van der Waals surface area contributed by atoms with Crippen LogP contribution in [0, 0.1) is 27.4 Å². The summed E-state index contributed by atoms with van der Waals surface area (Å²) in [6.07, 6.45) is 4.30. The Balaban J connectivity index is 2.64. The van der Waals surface area contributed by atoms with Gasteiger partial charge in [-0.25, -0.2) is 4.98 Å². The van der Waals surface area contributed by atoms with Gasteiger partial charge in [-0.2, -0.15) is 5.26 Å². The number of nitriles is 1. The van der Waals surface area contributed by atoms with E-state index in [1.54, 1.807) is 6.92 Å². The zero-order chi connectivity index (χ0) is 11.7. The summed E-state index contributed by atoms with van der Waals surface area (Å²) < 4.78 is 0. The lowest BCUT2D eigenvalue weighted by Crippen LogP contribution is -2.19. The molecule has 16 heavy (non-hydrogen) atoms. The molecule has 0 aromatic carbocycles. The van der Waals surface area contributed by atoms with E-state index in [0.29, 0.717) is 5.69 Å². The highest BCUT2D eigenvalue weighted by molar-refractivity contribution is 5.61. The Morgan fingerprint density at radius 1 is 1.50 bits per heavy atom. The number of nitro groups is 1. The van der Waals surface area contributed by atoms with Crippen LogP contribution in [0.4, 0.5) is 0 Å². The van der Waals surface area contributed by atoms with Crippen LogP contribution < -0.4 is 0 Å². The zero-order valence-electron chi connectivity index (χ0n) is 8.49. The molecule has 0 saturated heterocycles. The van der Waals surface area contributed by atoms with E-state index in [4.69, 9.17) is 5.26 Å². The van der Waals surface area contributed by atoms with E-state index >= 15 is 0 Å². The molecule has 1 aromatic heterocycles. The van der Waals surface area contributed by atoms with Gasteiger partial charge in [-0.15, -0.1) is 0 Å². The van der Waals surface area contributed by atoms with Gasteiger partial charge in [0.1, 0.15) is 0 Å². The van der Waals surface area contributed by atoms with E-state index in [1.165, 1.54) is 18.5 Å². The molecule has 2 rings (SSSR count). The van der Waals surface area contributed by atoms with Crippen molar-refractivity contribution in [3.63, 3.8) is 0 Å². The van der Waals surface area contributed by atoms with Crippen molar-refractivity contribution in [2.45, 2.75) is 12.8 Å². The summed E-state index contributed by atoms with van der Waals surface area (Å²) in [6, 6.07) is 2.10. The van der Waals surface area contributed by atoms with Crippen molar-refractivity contribution in [1.82, 2.24) is 9.97 Å². The van der Waals surface area contributed by atoms with Crippen LogP contribution >= 0.6 is 0 Å². The first-order chi connectivity index (χ1) is 7.65. The standard InChI is InChI=1S/C10H8N4O2/c1-6-4-8(14(15)16)10-9(7(6)5-11)12-2-3-13-10/h2-4,6-7H,1H3. The third kappa shape index (κ3) is 1.42. The number of fused-ring (bicyclic) bond motifs is 1. The highest BCUT2D eigenvalue weighted by atomic mass is 16.6. The second-order valence-corrected chi connectivity index (χ2v) is 3.57. The molecule has 0 spiro atoms. The van der Waals surface area contributed by atoms with Crippen LogP contribution in [0.1, 0.15) is 24.2 Å². The predicted octanol–water partition coefficient (Wildman–Crippen LogP) is 1.35. The minimum atomic E-state index is -0.488. The summed E-state index contributed by atoms with van der Waals surface area (Å²) >= 11 is 0. The van der Waals surface area contributed by atoms with E-state index in [-0.39, 0.29) is 17.3 Å². The van der Waals surface area contributed by atoms with Crippen molar-refractivity contribution >= 4 is 5.70 Å². The van der Waals surface area contributed by atoms with Crippen molar-refractivity contribution < 1.29 is 4.92 Å². The van der Waals surface area contributed by atoms with Gasteiger partial charge in [-0.1, -0.05) is 6.92 Å². The monoisotopic (exact) mass is 216 g/mol. The fourth-order valence-electron chi connectivity index (χ4n) is 1.77. The van der Waals surface area contributed by atoms with Gasteiger partial charge in [0.2, 0.25) is 0 Å². The molecule has 0 saturated carbocycles. The first kappa shape index (κ1) is 10.2. The van der Waals surface area contributed by atoms with Crippen molar-refractivity contribution in [2.24, 2.45) is 5.92 Å². The maximum absolute atomic E-state index is 10.8. The summed E-state index contributed by atoms with van der Waals surface area (Å²) in [5.74, 6) is -0.693. The summed E-state index contributed by atoms with van der Waals surface area (Å²) in [6.45, 7) is 1.76. The highest BCUT2D eigenvalue weighted by Crippen LogP contribution is 2.35. The lowest BCUT2D eigenvalue weighted by Gasteiger charge is -2.19. The molecule has 6 heteroatoms. The lowest BCUT2D eigenvalue weighted by molar-refractivity contribution is -0.376. The first-order valence-electron chi connectivity index (χ1n) is 4.72. The quantitative estimate of drug-likeness (QED) is 0.521.